The van der Waals surface area contributed by atoms with E-state index >= 15 is 0 Å². The van der Waals surface area contributed by atoms with Gasteiger partial charge in [-0.25, -0.2) is 0 Å². The van der Waals surface area contributed by atoms with Crippen LogP contribution in [0.4, 0.5) is 0 Å². The summed E-state index contributed by atoms with van der Waals surface area (Å²) < 4.78 is 5.48. The lowest BCUT2D eigenvalue weighted by Gasteiger charge is -2.24. The minimum atomic E-state index is 0.199. The molecule has 1 aliphatic heterocycles. The van der Waals surface area contributed by atoms with Crippen LogP contribution in [-0.4, -0.2) is 18.2 Å². The highest BCUT2D eigenvalue weighted by Gasteiger charge is 2.22. The Morgan fingerprint density at radius 2 is 2.00 bits per heavy atom. The highest BCUT2D eigenvalue weighted by Crippen LogP contribution is 2.26. The third-order valence-electron chi connectivity index (χ3n) is 3.77. The van der Waals surface area contributed by atoms with Gasteiger partial charge in [-0.05, 0) is 43.2 Å². The van der Waals surface area contributed by atoms with Gasteiger partial charge < -0.3 is 9.64 Å². The zero-order valence-electron chi connectivity index (χ0n) is 12.6. The van der Waals surface area contributed by atoms with Gasteiger partial charge >= 0.3 is 0 Å². The predicted octanol–water partition coefficient (Wildman–Crippen LogP) is 4.50. The molecule has 1 aliphatic carbocycles. The second-order valence-corrected chi connectivity index (χ2v) is 5.30. The lowest BCUT2D eigenvalue weighted by molar-refractivity contribution is 0.101. The molecule has 0 N–H and O–H groups in total. The number of hydrogen-bond acceptors (Lipinski definition) is 2. The highest BCUT2D eigenvalue weighted by atomic mass is 16.5. The van der Waals surface area contributed by atoms with Crippen molar-refractivity contribution in [1.82, 2.24) is 4.90 Å². The summed E-state index contributed by atoms with van der Waals surface area (Å²) in [6, 6.07) is 10.5. The number of nitrogens with zero attached hydrogens (tertiary/aromatic N) is 1. The maximum atomic E-state index is 5.48. The number of allylic oxidation sites excluding steroid dienone is 1. The molecule has 0 amide bonds. The smallest absolute Gasteiger partial charge is 0.193 e. The van der Waals surface area contributed by atoms with Crippen molar-refractivity contribution in [3.8, 4) is 0 Å². The Morgan fingerprint density at radius 1 is 1.20 bits per heavy atom. The summed E-state index contributed by atoms with van der Waals surface area (Å²) in [6.07, 6.45) is 12.5. The van der Waals surface area contributed by atoms with Gasteiger partial charge in [0.05, 0.1) is 0 Å². The Kier molecular flexibility index (Phi) is 5.72. The van der Waals surface area contributed by atoms with Gasteiger partial charge in [-0.15, -0.1) is 0 Å². The van der Waals surface area contributed by atoms with E-state index in [0.717, 1.165) is 6.42 Å². The average Bonchev–Trinajstić information content (AvgIpc) is 2.96. The first kappa shape index (κ1) is 14.7. The van der Waals surface area contributed by atoms with Crippen LogP contribution < -0.4 is 0 Å². The van der Waals surface area contributed by atoms with Crippen molar-refractivity contribution in [3.63, 3.8) is 0 Å². The number of likely N-dealkylation sites (N-methyl/N-ethyl adjacent to an activating group) is 1. The fourth-order valence-electron chi connectivity index (χ4n) is 2.53. The molecule has 2 aliphatic rings. The van der Waals surface area contributed by atoms with Crippen molar-refractivity contribution in [2.45, 2.75) is 45.3 Å². The molecule has 0 aromatic heterocycles. The molecule has 1 heterocycles. The number of hydrogen-bond donors (Lipinski definition) is 0. The fourth-order valence-corrected chi connectivity index (χ4v) is 2.53. The monoisotopic (exact) mass is 271 g/mol. The molecule has 20 heavy (non-hydrogen) atoms. The number of rotatable bonds is 2. The van der Waals surface area contributed by atoms with Gasteiger partial charge in [0, 0.05) is 13.2 Å². The quantitative estimate of drug-likeness (QED) is 0.735. The van der Waals surface area contributed by atoms with Crippen molar-refractivity contribution >= 4 is 0 Å². The maximum Gasteiger partial charge on any atom is 0.193 e. The van der Waals surface area contributed by atoms with E-state index in [0.29, 0.717) is 0 Å². The van der Waals surface area contributed by atoms with Gasteiger partial charge in [0.1, 0.15) is 6.26 Å². The Bertz CT molecular complexity index is 450. The summed E-state index contributed by atoms with van der Waals surface area (Å²) in [5.74, 6) is 0. The Hall–Kier alpha value is -1.70. The van der Waals surface area contributed by atoms with Crippen molar-refractivity contribution in [3.05, 3.63) is 60.0 Å². The van der Waals surface area contributed by atoms with Crippen LogP contribution in [0.15, 0.2) is 54.4 Å². The fraction of sp³-hybridized carbons (Fsp3) is 0.444. The van der Waals surface area contributed by atoms with E-state index in [1.54, 1.807) is 6.26 Å². The van der Waals surface area contributed by atoms with Crippen molar-refractivity contribution in [2.75, 3.05) is 7.05 Å². The summed E-state index contributed by atoms with van der Waals surface area (Å²) in [5.41, 5.74) is 2.86. The van der Waals surface area contributed by atoms with Crippen LogP contribution in [-0.2, 0) is 11.2 Å². The number of ether oxygens (including phenoxy) is 1. The lowest BCUT2D eigenvalue weighted by atomic mass is 9.98. The zero-order chi connectivity index (χ0) is 14.2. The molecule has 1 aromatic carbocycles. The molecule has 0 saturated carbocycles. The first-order valence-corrected chi connectivity index (χ1v) is 7.58. The van der Waals surface area contributed by atoms with Crippen molar-refractivity contribution in [1.29, 1.82) is 0 Å². The molecule has 1 aromatic rings. The zero-order valence-corrected chi connectivity index (χ0v) is 12.6. The summed E-state index contributed by atoms with van der Waals surface area (Å²) in [6.45, 7) is 2.16. The molecule has 2 nitrogen and oxygen atoms in total. The molecule has 3 rings (SSSR count). The molecule has 1 atom stereocenters. The summed E-state index contributed by atoms with van der Waals surface area (Å²) in [4.78, 5) is 2.12. The first-order valence-electron chi connectivity index (χ1n) is 7.58. The lowest BCUT2D eigenvalue weighted by Crippen LogP contribution is -2.26. The van der Waals surface area contributed by atoms with Gasteiger partial charge in [-0.1, -0.05) is 43.3 Å². The Labute approximate surface area is 122 Å². The van der Waals surface area contributed by atoms with Crippen LogP contribution in [0.25, 0.3) is 0 Å². The molecule has 0 spiro atoms. The van der Waals surface area contributed by atoms with E-state index in [1.165, 1.54) is 36.8 Å². The molecule has 0 bridgehead atoms. The normalized spacial score (nSPS) is 20.8. The molecular weight excluding hydrogens is 246 g/mol. The average molecular weight is 271 g/mol. The van der Waals surface area contributed by atoms with Crippen LogP contribution in [0.2, 0.25) is 0 Å². The molecule has 0 fully saturated rings. The minimum Gasteiger partial charge on any atom is -0.473 e. The van der Waals surface area contributed by atoms with Crippen LogP contribution >= 0.6 is 0 Å². The molecular formula is C18H25NO. The Balaban J connectivity index is 0.000000160. The van der Waals surface area contributed by atoms with Gasteiger partial charge in [-0.3, -0.25) is 0 Å². The van der Waals surface area contributed by atoms with Crippen molar-refractivity contribution < 1.29 is 4.74 Å². The second-order valence-electron chi connectivity index (χ2n) is 5.30. The summed E-state index contributed by atoms with van der Waals surface area (Å²) in [7, 11) is 2.06. The third-order valence-corrected chi connectivity index (χ3v) is 3.77. The standard InChI is InChI=1S/C10H15NO.C8H10/c1-11-7-8-12-10(11)9-5-3-2-4-6-9;1-2-8-6-4-3-5-7-8/h5,7-8,10H,2-4,6H2,1H3;3-7H,2H2,1H3. The van der Waals surface area contributed by atoms with Crippen molar-refractivity contribution in [2.24, 2.45) is 0 Å². The first-order chi connectivity index (χ1) is 9.81. The van der Waals surface area contributed by atoms with E-state index in [-0.39, 0.29) is 6.23 Å². The van der Waals surface area contributed by atoms with E-state index in [2.05, 4.69) is 49.2 Å². The van der Waals surface area contributed by atoms with Crippen LogP contribution in [0.5, 0.6) is 0 Å². The Morgan fingerprint density at radius 3 is 2.50 bits per heavy atom. The minimum absolute atomic E-state index is 0.199. The van der Waals surface area contributed by atoms with Gasteiger partial charge in [0.25, 0.3) is 0 Å². The summed E-state index contributed by atoms with van der Waals surface area (Å²) >= 11 is 0. The van der Waals surface area contributed by atoms with E-state index in [9.17, 15) is 0 Å². The van der Waals surface area contributed by atoms with Crippen LogP contribution in [0.1, 0.15) is 38.2 Å². The van der Waals surface area contributed by atoms with Gasteiger partial charge in [0.15, 0.2) is 6.23 Å². The second kappa shape index (κ2) is 7.78. The van der Waals surface area contributed by atoms with E-state index < -0.39 is 0 Å². The number of aryl methyl sites for hydroxylation is 1. The SMILES string of the molecule is CCc1ccccc1.CN1C=COC1C1=CCCCC1. The van der Waals surface area contributed by atoms with Gasteiger partial charge in [0.2, 0.25) is 0 Å². The number of benzene rings is 1. The molecule has 108 valence electrons. The summed E-state index contributed by atoms with van der Waals surface area (Å²) in [5, 5.41) is 0. The highest BCUT2D eigenvalue weighted by molar-refractivity contribution is 5.14. The van der Waals surface area contributed by atoms with E-state index in [4.69, 9.17) is 4.74 Å². The third kappa shape index (κ3) is 4.16. The van der Waals surface area contributed by atoms with Crippen LogP contribution in [0, 0.1) is 0 Å². The predicted molar refractivity (Wildman–Crippen MR) is 84.1 cm³/mol. The largest absolute Gasteiger partial charge is 0.473 e. The van der Waals surface area contributed by atoms with Crippen LogP contribution in [0.3, 0.4) is 0 Å². The topological polar surface area (TPSA) is 12.5 Å². The molecule has 1 unspecified atom stereocenters. The van der Waals surface area contributed by atoms with Gasteiger partial charge in [-0.2, -0.15) is 0 Å². The van der Waals surface area contributed by atoms with E-state index in [1.807, 2.05) is 12.3 Å². The maximum absolute atomic E-state index is 5.48. The molecule has 2 heteroatoms. The molecule has 0 radical (unpaired) electrons. The molecule has 0 saturated heterocycles.